The molecule has 3 aromatic rings. The number of ether oxygens (including phenoxy) is 2. The monoisotopic (exact) mass is 550 g/mol. The van der Waals surface area contributed by atoms with Gasteiger partial charge in [0.15, 0.2) is 5.60 Å². The third-order valence-electron chi connectivity index (χ3n) is 9.73. The molecule has 0 aromatic heterocycles. The molecule has 5 nitrogen and oxygen atoms in total. The minimum Gasteiger partial charge on any atom is -0.497 e. The Labute approximate surface area is 244 Å². The van der Waals surface area contributed by atoms with Crippen LogP contribution in [-0.2, 0) is 10.3 Å². The van der Waals surface area contributed by atoms with Crippen LogP contribution in [0.3, 0.4) is 0 Å². The van der Waals surface area contributed by atoms with Crippen molar-refractivity contribution >= 4 is 5.69 Å². The van der Waals surface area contributed by atoms with E-state index in [9.17, 15) is 5.11 Å². The number of piperazine rings is 1. The van der Waals surface area contributed by atoms with Gasteiger partial charge < -0.3 is 19.5 Å². The van der Waals surface area contributed by atoms with Crippen molar-refractivity contribution in [1.82, 2.24) is 4.90 Å². The Morgan fingerprint density at radius 2 is 1.41 bits per heavy atom. The van der Waals surface area contributed by atoms with Gasteiger partial charge in [0.05, 0.1) is 7.11 Å². The van der Waals surface area contributed by atoms with Crippen LogP contribution in [-0.4, -0.2) is 54.9 Å². The number of aliphatic hydroxyl groups is 1. The van der Waals surface area contributed by atoms with E-state index in [0.717, 1.165) is 54.4 Å². The normalized spacial score (nSPS) is 26.2. The molecular formula is C36H42N2O3. The van der Waals surface area contributed by atoms with Gasteiger partial charge in [0.1, 0.15) is 17.1 Å². The van der Waals surface area contributed by atoms with Gasteiger partial charge in [-0.05, 0) is 79.8 Å². The van der Waals surface area contributed by atoms with Crippen molar-refractivity contribution in [1.29, 1.82) is 0 Å². The van der Waals surface area contributed by atoms with E-state index >= 15 is 0 Å². The van der Waals surface area contributed by atoms with Crippen LogP contribution in [0, 0.1) is 5.92 Å². The molecule has 2 aliphatic heterocycles. The Morgan fingerprint density at radius 1 is 0.805 bits per heavy atom. The highest BCUT2D eigenvalue weighted by atomic mass is 16.5. The molecule has 1 N–H and O–H groups in total. The zero-order valence-electron chi connectivity index (χ0n) is 25.1. The van der Waals surface area contributed by atoms with Crippen molar-refractivity contribution < 1.29 is 14.6 Å². The molecule has 1 aliphatic carbocycles. The number of hydrogen-bond donors (Lipinski definition) is 1. The van der Waals surface area contributed by atoms with Gasteiger partial charge >= 0.3 is 0 Å². The molecule has 0 bridgehead atoms. The van der Waals surface area contributed by atoms with Crippen LogP contribution in [0.25, 0.3) is 11.1 Å². The third kappa shape index (κ3) is 4.47. The maximum absolute atomic E-state index is 12.7. The summed E-state index contributed by atoms with van der Waals surface area (Å²) in [4.78, 5) is 5.06. The van der Waals surface area contributed by atoms with E-state index in [4.69, 9.17) is 9.47 Å². The lowest BCUT2D eigenvalue weighted by atomic mass is 9.69. The molecule has 0 spiro atoms. The third-order valence-corrected chi connectivity index (χ3v) is 9.73. The summed E-state index contributed by atoms with van der Waals surface area (Å²) in [5.41, 5.74) is 5.73. The maximum Gasteiger partial charge on any atom is 0.157 e. The Balaban J connectivity index is 1.32. The zero-order valence-corrected chi connectivity index (χ0v) is 25.1. The second-order valence-electron chi connectivity index (χ2n) is 12.3. The molecule has 41 heavy (non-hydrogen) atoms. The van der Waals surface area contributed by atoms with Gasteiger partial charge in [-0.2, -0.15) is 0 Å². The Morgan fingerprint density at radius 3 is 2.02 bits per heavy atom. The van der Waals surface area contributed by atoms with E-state index in [0.29, 0.717) is 5.92 Å². The lowest BCUT2D eigenvalue weighted by Crippen LogP contribution is -2.54. The SMILES string of the molecule is COc1ccc(N2CCN(C3C(C)=C4C(=C(C)C3C)OC(C)(C)C4(O)c3ccc(-c4ccccc4)cc3)CC2)cc1. The highest BCUT2D eigenvalue weighted by Gasteiger charge is 2.60. The number of rotatable bonds is 5. The van der Waals surface area contributed by atoms with Crippen LogP contribution in [0.5, 0.6) is 5.75 Å². The van der Waals surface area contributed by atoms with E-state index in [1.807, 2.05) is 32.0 Å². The molecule has 2 heterocycles. The summed E-state index contributed by atoms with van der Waals surface area (Å²) in [6.45, 7) is 14.6. The molecular weight excluding hydrogens is 508 g/mol. The van der Waals surface area contributed by atoms with Gasteiger partial charge in [0.2, 0.25) is 0 Å². The maximum atomic E-state index is 12.7. The topological polar surface area (TPSA) is 45.2 Å². The number of benzene rings is 3. The molecule has 214 valence electrons. The summed E-state index contributed by atoms with van der Waals surface area (Å²) in [6.07, 6.45) is 0. The predicted octanol–water partition coefficient (Wildman–Crippen LogP) is 6.79. The molecule has 2 fully saturated rings. The smallest absolute Gasteiger partial charge is 0.157 e. The summed E-state index contributed by atoms with van der Waals surface area (Å²) < 4.78 is 12.0. The van der Waals surface area contributed by atoms with Crippen LogP contribution in [0.2, 0.25) is 0 Å². The first-order valence-corrected chi connectivity index (χ1v) is 14.8. The van der Waals surface area contributed by atoms with Crippen LogP contribution in [0.15, 0.2) is 101 Å². The number of hydrogen-bond acceptors (Lipinski definition) is 5. The number of nitrogens with zero attached hydrogens (tertiary/aromatic N) is 2. The minimum absolute atomic E-state index is 0.208. The fourth-order valence-electron chi connectivity index (χ4n) is 7.22. The summed E-state index contributed by atoms with van der Waals surface area (Å²) >= 11 is 0. The second kappa shape index (κ2) is 10.4. The van der Waals surface area contributed by atoms with Gasteiger partial charge in [-0.3, -0.25) is 4.90 Å². The van der Waals surface area contributed by atoms with Crippen LogP contribution >= 0.6 is 0 Å². The summed E-state index contributed by atoms with van der Waals surface area (Å²) in [6, 6.07) is 27.3. The largest absolute Gasteiger partial charge is 0.497 e. The molecule has 3 aliphatic rings. The zero-order chi connectivity index (χ0) is 28.9. The molecule has 5 heteroatoms. The number of anilines is 1. The van der Waals surface area contributed by atoms with Gasteiger partial charge in [-0.1, -0.05) is 61.5 Å². The lowest BCUT2D eigenvalue weighted by Gasteiger charge is -2.45. The highest BCUT2D eigenvalue weighted by molar-refractivity contribution is 5.65. The van der Waals surface area contributed by atoms with Crippen LogP contribution in [0.4, 0.5) is 5.69 Å². The van der Waals surface area contributed by atoms with Crippen LogP contribution < -0.4 is 9.64 Å². The second-order valence-corrected chi connectivity index (χ2v) is 12.3. The van der Waals surface area contributed by atoms with E-state index in [-0.39, 0.29) is 6.04 Å². The van der Waals surface area contributed by atoms with Gasteiger partial charge in [0, 0.05) is 49.4 Å². The standard InChI is InChI=1S/C36H42N2O3/c1-24-25(2)34-32(26(3)33(24)38-22-20-37(21-23-38)30-16-18-31(40-6)19-17-30)36(39,35(4,5)41-34)29-14-12-28(13-15-29)27-10-8-7-9-11-27/h7-19,24,33,39H,20-23H2,1-6H3. The first-order chi connectivity index (χ1) is 19.7. The van der Waals surface area contributed by atoms with Crippen molar-refractivity contribution in [2.75, 3.05) is 38.2 Å². The van der Waals surface area contributed by atoms with Crippen molar-refractivity contribution in [2.45, 2.75) is 51.9 Å². The van der Waals surface area contributed by atoms with Gasteiger partial charge in [-0.25, -0.2) is 0 Å². The summed E-state index contributed by atoms with van der Waals surface area (Å²) in [5.74, 6) is 2.05. The minimum atomic E-state index is -1.26. The molecule has 0 amide bonds. The fourth-order valence-corrected chi connectivity index (χ4v) is 7.22. The summed E-state index contributed by atoms with van der Waals surface area (Å²) in [7, 11) is 1.70. The van der Waals surface area contributed by atoms with Crippen LogP contribution in [0.1, 0.15) is 40.2 Å². The Kier molecular flexibility index (Phi) is 6.99. The molecule has 6 rings (SSSR count). The van der Waals surface area contributed by atoms with Gasteiger partial charge in [0.25, 0.3) is 0 Å². The van der Waals surface area contributed by atoms with Crippen molar-refractivity contribution in [3.8, 4) is 16.9 Å². The van der Waals surface area contributed by atoms with Crippen molar-refractivity contribution in [3.63, 3.8) is 0 Å². The van der Waals surface area contributed by atoms with Crippen molar-refractivity contribution in [3.05, 3.63) is 107 Å². The van der Waals surface area contributed by atoms with E-state index in [1.54, 1.807) is 7.11 Å². The lowest BCUT2D eigenvalue weighted by molar-refractivity contribution is -0.0834. The quantitative estimate of drug-likeness (QED) is 0.379. The molecule has 3 aromatic carbocycles. The van der Waals surface area contributed by atoms with E-state index < -0.39 is 11.2 Å². The molecule has 3 unspecified atom stereocenters. The van der Waals surface area contributed by atoms with Gasteiger partial charge in [-0.15, -0.1) is 0 Å². The number of methoxy groups -OCH3 is 1. The molecule has 0 radical (unpaired) electrons. The average molecular weight is 551 g/mol. The fraction of sp³-hybridized carbons (Fsp3) is 0.389. The highest BCUT2D eigenvalue weighted by Crippen LogP contribution is 2.57. The molecule has 2 saturated heterocycles. The Bertz CT molecular complexity index is 1470. The Hall–Kier alpha value is -3.54. The first kappa shape index (κ1) is 27.6. The predicted molar refractivity (Wildman–Crippen MR) is 166 cm³/mol. The summed E-state index contributed by atoms with van der Waals surface area (Å²) in [5, 5.41) is 12.7. The van der Waals surface area contributed by atoms with Crippen molar-refractivity contribution in [2.24, 2.45) is 5.92 Å². The number of fused-ring (bicyclic) bond motifs is 1. The van der Waals surface area contributed by atoms with E-state index in [2.05, 4.69) is 91.2 Å². The van der Waals surface area contributed by atoms with E-state index in [1.165, 1.54) is 22.4 Å². The first-order valence-electron chi connectivity index (χ1n) is 14.8. The average Bonchev–Trinajstić information content (AvgIpc) is 3.23. The molecule has 3 atom stereocenters. The molecule has 0 saturated carbocycles.